The van der Waals surface area contributed by atoms with Crippen molar-refractivity contribution in [2.45, 2.75) is 12.8 Å². The number of hydrogen-bond donors (Lipinski definition) is 2. The summed E-state index contributed by atoms with van der Waals surface area (Å²) < 4.78 is 1.54. The standard InChI is InChI=1S/C14H16ClN5O/c15-11-2-1-3-12(14(11)20-9-17-8-18-20)19-13(21)7-16-6-10-4-5-10/h1-3,8-10,16H,4-7H2,(H,19,21). The Kier molecular flexibility index (Phi) is 4.17. The quantitative estimate of drug-likeness (QED) is 0.854. The van der Waals surface area contributed by atoms with Gasteiger partial charge in [-0.05, 0) is 37.4 Å². The number of halogens is 1. The van der Waals surface area contributed by atoms with Gasteiger partial charge in [-0.3, -0.25) is 4.79 Å². The van der Waals surface area contributed by atoms with Gasteiger partial charge in [0.25, 0.3) is 0 Å². The summed E-state index contributed by atoms with van der Waals surface area (Å²) in [6.45, 7) is 1.19. The van der Waals surface area contributed by atoms with Crippen LogP contribution in [-0.2, 0) is 4.79 Å². The molecule has 21 heavy (non-hydrogen) atoms. The number of nitrogens with zero attached hydrogens (tertiary/aromatic N) is 3. The lowest BCUT2D eigenvalue weighted by Crippen LogP contribution is -2.29. The van der Waals surface area contributed by atoms with Gasteiger partial charge < -0.3 is 10.6 Å². The van der Waals surface area contributed by atoms with Gasteiger partial charge in [-0.2, -0.15) is 5.10 Å². The molecule has 1 aliphatic carbocycles. The molecule has 7 heteroatoms. The highest BCUT2D eigenvalue weighted by atomic mass is 35.5. The third kappa shape index (κ3) is 3.59. The first-order valence-electron chi connectivity index (χ1n) is 6.88. The first-order chi connectivity index (χ1) is 10.2. The number of para-hydroxylation sites is 1. The van der Waals surface area contributed by atoms with Crippen molar-refractivity contribution in [3.63, 3.8) is 0 Å². The Balaban J connectivity index is 1.69. The molecular formula is C14H16ClN5O. The smallest absolute Gasteiger partial charge is 0.238 e. The number of amides is 1. The molecule has 6 nitrogen and oxygen atoms in total. The van der Waals surface area contributed by atoms with E-state index in [4.69, 9.17) is 11.6 Å². The molecule has 0 spiro atoms. The van der Waals surface area contributed by atoms with Gasteiger partial charge in [-0.25, -0.2) is 9.67 Å². The van der Waals surface area contributed by atoms with Crippen LogP contribution in [0.25, 0.3) is 5.69 Å². The zero-order chi connectivity index (χ0) is 14.7. The van der Waals surface area contributed by atoms with Gasteiger partial charge in [-0.15, -0.1) is 0 Å². The number of nitrogens with one attached hydrogen (secondary N) is 2. The molecule has 1 amide bonds. The summed E-state index contributed by atoms with van der Waals surface area (Å²) in [6, 6.07) is 5.33. The van der Waals surface area contributed by atoms with Gasteiger partial charge in [0.2, 0.25) is 5.91 Å². The van der Waals surface area contributed by atoms with E-state index in [1.165, 1.54) is 23.9 Å². The van der Waals surface area contributed by atoms with E-state index in [9.17, 15) is 4.79 Å². The maximum absolute atomic E-state index is 12.0. The van der Waals surface area contributed by atoms with Crippen LogP contribution in [0.1, 0.15) is 12.8 Å². The highest BCUT2D eigenvalue weighted by molar-refractivity contribution is 6.33. The number of carbonyl (C=O) groups is 1. The lowest BCUT2D eigenvalue weighted by Gasteiger charge is -2.12. The Hall–Kier alpha value is -1.92. The van der Waals surface area contributed by atoms with E-state index in [-0.39, 0.29) is 5.91 Å². The molecule has 110 valence electrons. The molecule has 1 heterocycles. The van der Waals surface area contributed by atoms with E-state index >= 15 is 0 Å². The summed E-state index contributed by atoms with van der Waals surface area (Å²) >= 11 is 6.20. The molecule has 0 aliphatic heterocycles. The third-order valence-electron chi connectivity index (χ3n) is 3.32. The average molecular weight is 306 g/mol. The van der Waals surface area contributed by atoms with Crippen molar-refractivity contribution in [3.05, 3.63) is 35.9 Å². The van der Waals surface area contributed by atoms with Gasteiger partial charge in [-0.1, -0.05) is 17.7 Å². The minimum Gasteiger partial charge on any atom is -0.323 e. The van der Waals surface area contributed by atoms with Crippen LogP contribution in [0.4, 0.5) is 5.69 Å². The minimum atomic E-state index is -0.0979. The molecule has 1 saturated carbocycles. The van der Waals surface area contributed by atoms with Crippen LogP contribution in [-0.4, -0.2) is 33.8 Å². The van der Waals surface area contributed by atoms with Crippen LogP contribution < -0.4 is 10.6 Å². The summed E-state index contributed by atoms with van der Waals surface area (Å²) in [4.78, 5) is 15.9. The van der Waals surface area contributed by atoms with Crippen molar-refractivity contribution < 1.29 is 4.79 Å². The van der Waals surface area contributed by atoms with Crippen LogP contribution in [0.2, 0.25) is 5.02 Å². The molecule has 0 unspecified atom stereocenters. The molecule has 2 N–H and O–H groups in total. The topological polar surface area (TPSA) is 71.8 Å². The molecule has 2 aromatic rings. The SMILES string of the molecule is O=C(CNCC1CC1)Nc1cccc(Cl)c1-n1cncn1. The molecule has 0 radical (unpaired) electrons. The van der Waals surface area contributed by atoms with Crippen LogP contribution in [0.15, 0.2) is 30.9 Å². The largest absolute Gasteiger partial charge is 0.323 e. The zero-order valence-electron chi connectivity index (χ0n) is 11.4. The first kappa shape index (κ1) is 14.0. The number of hydrogen-bond acceptors (Lipinski definition) is 4. The monoisotopic (exact) mass is 305 g/mol. The fourth-order valence-corrected chi connectivity index (χ4v) is 2.34. The predicted molar refractivity (Wildman–Crippen MR) is 80.6 cm³/mol. The fourth-order valence-electron chi connectivity index (χ4n) is 2.08. The highest BCUT2D eigenvalue weighted by Crippen LogP contribution is 2.28. The van der Waals surface area contributed by atoms with E-state index in [0.29, 0.717) is 22.9 Å². The zero-order valence-corrected chi connectivity index (χ0v) is 12.2. The number of benzene rings is 1. The second-order valence-electron chi connectivity index (χ2n) is 5.10. The molecule has 3 rings (SSSR count). The predicted octanol–water partition coefficient (Wildman–Crippen LogP) is 1.86. The maximum Gasteiger partial charge on any atom is 0.238 e. The summed E-state index contributed by atoms with van der Waals surface area (Å²) in [6.07, 6.45) is 5.49. The second-order valence-corrected chi connectivity index (χ2v) is 5.51. The van der Waals surface area contributed by atoms with Gasteiger partial charge in [0.1, 0.15) is 18.3 Å². The molecule has 0 atom stereocenters. The molecule has 1 aliphatic rings. The summed E-state index contributed by atoms with van der Waals surface area (Å²) in [5.41, 5.74) is 1.23. The van der Waals surface area contributed by atoms with Crippen molar-refractivity contribution in [3.8, 4) is 5.69 Å². The number of carbonyl (C=O) groups excluding carboxylic acids is 1. The van der Waals surface area contributed by atoms with Crippen molar-refractivity contribution in [2.24, 2.45) is 5.92 Å². The molecule has 1 aromatic heterocycles. The van der Waals surface area contributed by atoms with Crippen LogP contribution in [0, 0.1) is 5.92 Å². The van der Waals surface area contributed by atoms with E-state index in [0.717, 1.165) is 12.5 Å². The Morgan fingerprint density at radius 3 is 3.00 bits per heavy atom. The molecular weight excluding hydrogens is 290 g/mol. The van der Waals surface area contributed by atoms with Crippen molar-refractivity contribution >= 4 is 23.2 Å². The van der Waals surface area contributed by atoms with Crippen LogP contribution in [0.3, 0.4) is 0 Å². The van der Waals surface area contributed by atoms with Crippen molar-refractivity contribution in [1.29, 1.82) is 0 Å². The van der Waals surface area contributed by atoms with Crippen LogP contribution in [0.5, 0.6) is 0 Å². The van der Waals surface area contributed by atoms with Gasteiger partial charge in [0, 0.05) is 0 Å². The Morgan fingerprint density at radius 1 is 1.43 bits per heavy atom. The molecule has 0 bridgehead atoms. The summed E-state index contributed by atoms with van der Waals surface area (Å²) in [5, 5.41) is 10.6. The first-order valence-corrected chi connectivity index (χ1v) is 7.26. The van der Waals surface area contributed by atoms with Crippen molar-refractivity contribution in [1.82, 2.24) is 20.1 Å². The van der Waals surface area contributed by atoms with Gasteiger partial charge in [0.05, 0.1) is 17.3 Å². The lowest BCUT2D eigenvalue weighted by molar-refractivity contribution is -0.115. The van der Waals surface area contributed by atoms with E-state index < -0.39 is 0 Å². The summed E-state index contributed by atoms with van der Waals surface area (Å²) in [7, 11) is 0. The normalized spacial score (nSPS) is 14.1. The average Bonchev–Trinajstić information content (AvgIpc) is 3.12. The highest BCUT2D eigenvalue weighted by Gasteiger charge is 2.20. The molecule has 1 aromatic carbocycles. The molecule has 0 saturated heterocycles. The third-order valence-corrected chi connectivity index (χ3v) is 3.63. The number of anilines is 1. The number of aromatic nitrogens is 3. The van der Waals surface area contributed by atoms with Crippen LogP contribution >= 0.6 is 11.6 Å². The van der Waals surface area contributed by atoms with E-state index in [2.05, 4.69) is 20.7 Å². The van der Waals surface area contributed by atoms with Gasteiger partial charge >= 0.3 is 0 Å². The maximum atomic E-state index is 12.0. The van der Waals surface area contributed by atoms with E-state index in [1.54, 1.807) is 24.5 Å². The van der Waals surface area contributed by atoms with E-state index in [1.807, 2.05) is 0 Å². The molecule has 1 fully saturated rings. The van der Waals surface area contributed by atoms with Gasteiger partial charge in [0.15, 0.2) is 0 Å². The Labute approximate surface area is 127 Å². The fraction of sp³-hybridized carbons (Fsp3) is 0.357. The Bertz CT molecular complexity index is 624. The van der Waals surface area contributed by atoms with Crippen molar-refractivity contribution in [2.75, 3.05) is 18.4 Å². The second kappa shape index (κ2) is 6.24. The number of rotatable bonds is 6. The lowest BCUT2D eigenvalue weighted by atomic mass is 10.2. The summed E-state index contributed by atoms with van der Waals surface area (Å²) in [5.74, 6) is 0.647. The Morgan fingerprint density at radius 2 is 2.29 bits per heavy atom. The minimum absolute atomic E-state index is 0.0979.